The molecule has 2 N–H and O–H groups in total. The van der Waals surface area contributed by atoms with Gasteiger partial charge in [0, 0.05) is 6.04 Å². The third-order valence-electron chi connectivity index (χ3n) is 2.00. The van der Waals surface area contributed by atoms with Crippen LogP contribution >= 0.6 is 0 Å². The number of carbonyl (C=O) groups is 1. The van der Waals surface area contributed by atoms with Crippen molar-refractivity contribution in [3.63, 3.8) is 0 Å². The van der Waals surface area contributed by atoms with Gasteiger partial charge in [0.1, 0.15) is 0 Å². The van der Waals surface area contributed by atoms with E-state index >= 15 is 0 Å². The van der Waals surface area contributed by atoms with E-state index in [1.54, 1.807) is 0 Å². The van der Waals surface area contributed by atoms with Gasteiger partial charge in [0.15, 0.2) is 0 Å². The zero-order chi connectivity index (χ0) is 11.1. The fourth-order valence-corrected chi connectivity index (χ4v) is 1.09. The molecule has 3 nitrogen and oxygen atoms in total. The third-order valence-corrected chi connectivity index (χ3v) is 2.00. The average Bonchev–Trinajstić information content (AvgIpc) is 2.01. The van der Waals surface area contributed by atoms with E-state index in [2.05, 4.69) is 24.5 Å². The molecule has 1 atom stereocenters. The molecule has 0 heterocycles. The van der Waals surface area contributed by atoms with E-state index in [0.29, 0.717) is 5.92 Å². The maximum atomic E-state index is 11.5. The standard InChI is InChI=1S/C11H24N2O/c1-8(2)6-7-12-10(5)11(14)13-9(3)4/h8-10,12H,6-7H2,1-5H3,(H,13,14). The van der Waals surface area contributed by atoms with Crippen LogP contribution in [0.4, 0.5) is 0 Å². The average molecular weight is 200 g/mol. The Morgan fingerprint density at radius 3 is 2.14 bits per heavy atom. The van der Waals surface area contributed by atoms with Crippen molar-refractivity contribution in [3.8, 4) is 0 Å². The molecule has 0 fully saturated rings. The molecule has 0 aliphatic heterocycles. The van der Waals surface area contributed by atoms with Crippen LogP contribution in [0.15, 0.2) is 0 Å². The van der Waals surface area contributed by atoms with Crippen molar-refractivity contribution >= 4 is 5.91 Å². The number of nitrogens with one attached hydrogen (secondary N) is 2. The van der Waals surface area contributed by atoms with Gasteiger partial charge in [-0.25, -0.2) is 0 Å². The number of rotatable bonds is 6. The molecule has 0 aromatic rings. The van der Waals surface area contributed by atoms with Gasteiger partial charge in [0.05, 0.1) is 6.04 Å². The number of carbonyl (C=O) groups excluding carboxylic acids is 1. The number of hydrogen-bond acceptors (Lipinski definition) is 2. The Bertz CT molecular complexity index is 167. The molecule has 0 aromatic heterocycles. The van der Waals surface area contributed by atoms with E-state index in [1.165, 1.54) is 0 Å². The minimum absolute atomic E-state index is 0.0868. The molecule has 0 saturated carbocycles. The van der Waals surface area contributed by atoms with Gasteiger partial charge in [-0.2, -0.15) is 0 Å². The summed E-state index contributed by atoms with van der Waals surface area (Å²) in [5.41, 5.74) is 0. The lowest BCUT2D eigenvalue weighted by molar-refractivity contribution is -0.123. The molecule has 1 amide bonds. The first-order valence-corrected chi connectivity index (χ1v) is 5.47. The molecule has 3 heteroatoms. The first-order chi connectivity index (χ1) is 6.43. The lowest BCUT2D eigenvalue weighted by Gasteiger charge is -2.16. The van der Waals surface area contributed by atoms with E-state index in [-0.39, 0.29) is 18.0 Å². The van der Waals surface area contributed by atoms with Gasteiger partial charge >= 0.3 is 0 Å². The van der Waals surface area contributed by atoms with Crippen LogP contribution in [0.3, 0.4) is 0 Å². The Kier molecular flexibility index (Phi) is 6.54. The van der Waals surface area contributed by atoms with Crippen molar-refractivity contribution in [2.45, 2.75) is 53.1 Å². The quantitative estimate of drug-likeness (QED) is 0.683. The smallest absolute Gasteiger partial charge is 0.237 e. The monoisotopic (exact) mass is 200 g/mol. The van der Waals surface area contributed by atoms with Gasteiger partial charge in [-0.3, -0.25) is 4.79 Å². The van der Waals surface area contributed by atoms with E-state index in [0.717, 1.165) is 13.0 Å². The van der Waals surface area contributed by atoms with Crippen LogP contribution in [0.2, 0.25) is 0 Å². The van der Waals surface area contributed by atoms with Crippen molar-refractivity contribution in [1.82, 2.24) is 10.6 Å². The molecule has 1 unspecified atom stereocenters. The van der Waals surface area contributed by atoms with E-state index in [1.807, 2.05) is 20.8 Å². The summed E-state index contributed by atoms with van der Waals surface area (Å²) in [6, 6.07) is 0.132. The molecule has 0 saturated heterocycles. The summed E-state index contributed by atoms with van der Waals surface area (Å²) in [6.07, 6.45) is 1.11. The molecule has 0 aliphatic carbocycles. The lowest BCUT2D eigenvalue weighted by atomic mass is 10.1. The van der Waals surface area contributed by atoms with Gasteiger partial charge in [-0.05, 0) is 39.7 Å². The van der Waals surface area contributed by atoms with Gasteiger partial charge < -0.3 is 10.6 Å². The van der Waals surface area contributed by atoms with E-state index in [4.69, 9.17) is 0 Å². The maximum Gasteiger partial charge on any atom is 0.237 e. The predicted molar refractivity (Wildman–Crippen MR) is 60.2 cm³/mol. The largest absolute Gasteiger partial charge is 0.353 e. The third kappa shape index (κ3) is 6.89. The molecule has 0 aliphatic rings. The maximum absolute atomic E-state index is 11.5. The zero-order valence-corrected chi connectivity index (χ0v) is 10.1. The number of hydrogen-bond donors (Lipinski definition) is 2. The number of amides is 1. The lowest BCUT2D eigenvalue weighted by Crippen LogP contribution is -2.45. The van der Waals surface area contributed by atoms with Crippen molar-refractivity contribution in [1.29, 1.82) is 0 Å². The Hall–Kier alpha value is -0.570. The van der Waals surface area contributed by atoms with Crippen molar-refractivity contribution in [3.05, 3.63) is 0 Å². The molecule has 84 valence electrons. The van der Waals surface area contributed by atoms with Gasteiger partial charge in [-0.1, -0.05) is 13.8 Å². The van der Waals surface area contributed by atoms with Crippen LogP contribution in [-0.2, 0) is 4.79 Å². The fraction of sp³-hybridized carbons (Fsp3) is 0.909. The second kappa shape index (κ2) is 6.82. The summed E-state index contributed by atoms with van der Waals surface area (Å²) in [4.78, 5) is 11.5. The van der Waals surface area contributed by atoms with Crippen molar-refractivity contribution in [2.24, 2.45) is 5.92 Å². The van der Waals surface area contributed by atoms with Crippen LogP contribution in [0, 0.1) is 5.92 Å². The fourth-order valence-electron chi connectivity index (χ4n) is 1.09. The highest BCUT2D eigenvalue weighted by Gasteiger charge is 2.12. The topological polar surface area (TPSA) is 41.1 Å². The molecule has 0 spiro atoms. The van der Waals surface area contributed by atoms with Crippen molar-refractivity contribution in [2.75, 3.05) is 6.54 Å². The molecule has 14 heavy (non-hydrogen) atoms. The Morgan fingerprint density at radius 1 is 1.14 bits per heavy atom. The Labute approximate surface area is 87.6 Å². The second-order valence-electron chi connectivity index (χ2n) is 4.52. The van der Waals surface area contributed by atoms with Gasteiger partial charge in [0.25, 0.3) is 0 Å². The summed E-state index contributed by atoms with van der Waals surface area (Å²) in [7, 11) is 0. The Morgan fingerprint density at radius 2 is 1.71 bits per heavy atom. The van der Waals surface area contributed by atoms with Crippen LogP contribution < -0.4 is 10.6 Å². The predicted octanol–water partition coefficient (Wildman–Crippen LogP) is 1.54. The molecule has 0 rings (SSSR count). The SMILES string of the molecule is CC(C)CCNC(C)C(=O)NC(C)C. The summed E-state index contributed by atoms with van der Waals surface area (Å²) < 4.78 is 0. The minimum atomic E-state index is -0.0869. The summed E-state index contributed by atoms with van der Waals surface area (Å²) >= 11 is 0. The van der Waals surface area contributed by atoms with Gasteiger partial charge in [0.2, 0.25) is 5.91 Å². The summed E-state index contributed by atoms with van der Waals surface area (Å²) in [5, 5.41) is 6.09. The highest BCUT2D eigenvalue weighted by atomic mass is 16.2. The highest BCUT2D eigenvalue weighted by Crippen LogP contribution is 1.97. The molecule has 0 bridgehead atoms. The Balaban J connectivity index is 3.62. The first kappa shape index (κ1) is 13.4. The summed E-state index contributed by atoms with van der Waals surface area (Å²) in [5.74, 6) is 0.770. The molecule has 0 aromatic carbocycles. The normalized spacial score (nSPS) is 13.4. The summed E-state index contributed by atoms with van der Waals surface area (Å²) in [6.45, 7) is 11.1. The molecular formula is C11H24N2O. The van der Waals surface area contributed by atoms with Crippen LogP contribution in [-0.4, -0.2) is 24.5 Å². The minimum Gasteiger partial charge on any atom is -0.353 e. The van der Waals surface area contributed by atoms with Gasteiger partial charge in [-0.15, -0.1) is 0 Å². The highest BCUT2D eigenvalue weighted by molar-refractivity contribution is 5.81. The van der Waals surface area contributed by atoms with Crippen LogP contribution in [0.25, 0.3) is 0 Å². The van der Waals surface area contributed by atoms with Crippen LogP contribution in [0.1, 0.15) is 41.0 Å². The molecule has 0 radical (unpaired) electrons. The van der Waals surface area contributed by atoms with E-state index in [9.17, 15) is 4.79 Å². The first-order valence-electron chi connectivity index (χ1n) is 5.47. The van der Waals surface area contributed by atoms with Crippen molar-refractivity contribution < 1.29 is 4.79 Å². The second-order valence-corrected chi connectivity index (χ2v) is 4.52. The van der Waals surface area contributed by atoms with Crippen LogP contribution in [0.5, 0.6) is 0 Å². The van der Waals surface area contributed by atoms with E-state index < -0.39 is 0 Å². The zero-order valence-electron chi connectivity index (χ0n) is 10.1. The molecular weight excluding hydrogens is 176 g/mol.